The summed E-state index contributed by atoms with van der Waals surface area (Å²) in [5.74, 6) is 0. The Balaban J connectivity index is 0.00000270. The van der Waals surface area contributed by atoms with Crippen LogP contribution in [0.15, 0.2) is 12.1 Å². The van der Waals surface area contributed by atoms with Crippen molar-refractivity contribution >= 4 is 7.81 Å². The van der Waals surface area contributed by atoms with E-state index in [0.717, 1.165) is 0 Å². The van der Waals surface area contributed by atoms with Gasteiger partial charge in [-0.3, -0.25) is 0 Å². The average Bonchev–Trinajstić information content (AvgIpc) is 2.97. The molecule has 1 heterocycles. The number of halogens is 6. The normalized spacial score (nSPS) is 13.2. The van der Waals surface area contributed by atoms with E-state index in [0.29, 0.717) is 0 Å². The molecule has 0 aliphatic rings. The van der Waals surface area contributed by atoms with Crippen LogP contribution in [0.5, 0.6) is 0 Å². The molecule has 0 saturated heterocycles. The third-order valence-electron chi connectivity index (χ3n) is 9.13. The average molecular weight is 702 g/mol. The Labute approximate surface area is 286 Å². The Hall–Kier alpha value is -0.840. The van der Waals surface area contributed by atoms with Gasteiger partial charge in [-0.2, -0.15) is 0 Å². The predicted molar refractivity (Wildman–Crippen MR) is 194 cm³/mol. The number of hydrogen-bond donors (Lipinski definition) is 0. The van der Waals surface area contributed by atoms with E-state index in [1.807, 2.05) is 0 Å². The van der Waals surface area contributed by atoms with Crippen LogP contribution in [0.4, 0.5) is 25.2 Å². The van der Waals surface area contributed by atoms with Crippen LogP contribution in [-0.4, -0.2) is 0 Å². The van der Waals surface area contributed by atoms with E-state index in [4.69, 9.17) is 0 Å². The van der Waals surface area contributed by atoms with Crippen LogP contribution in [0.2, 0.25) is 0 Å². The fourth-order valence-electron chi connectivity index (χ4n) is 6.51. The first-order chi connectivity index (χ1) is 22.1. The quantitative estimate of drug-likeness (QED) is 0.0325. The second-order valence-corrected chi connectivity index (χ2v) is 16.1. The number of pyridine rings is 1. The molecule has 1 nitrogen and oxygen atoms in total. The number of nitrogens with zero attached hydrogens (tertiary/aromatic N) is 1. The molecule has 0 aliphatic carbocycles. The zero-order valence-corrected chi connectivity index (χ0v) is 31.9. The van der Waals surface area contributed by atoms with Gasteiger partial charge < -0.3 is 0 Å². The molecule has 0 aliphatic heterocycles. The zero-order chi connectivity index (χ0) is 35.3. The van der Waals surface area contributed by atoms with Crippen molar-refractivity contribution in [2.45, 2.75) is 220 Å². The van der Waals surface area contributed by atoms with Crippen LogP contribution in [-0.2, 0) is 13.0 Å². The van der Waals surface area contributed by atoms with E-state index in [2.05, 4.69) is 44.4 Å². The fourth-order valence-corrected chi connectivity index (χ4v) is 6.51. The summed E-state index contributed by atoms with van der Waals surface area (Å²) in [7, 11) is -10.7. The van der Waals surface area contributed by atoms with Crippen molar-refractivity contribution in [3.63, 3.8) is 0 Å². The first-order valence-electron chi connectivity index (χ1n) is 19.7. The van der Waals surface area contributed by atoms with Gasteiger partial charge in [0.25, 0.3) is 0 Å². The molecule has 282 valence electrons. The van der Waals surface area contributed by atoms with Gasteiger partial charge in [0.05, 0.1) is 0 Å². The molecule has 47 heavy (non-hydrogen) atoms. The Bertz CT molecular complexity index is 861. The van der Waals surface area contributed by atoms with Gasteiger partial charge in [-0.05, 0) is 25.3 Å². The SMILES string of the molecule is CCCCCCCCCCCCCCCCc1cc(C)cc(C)[n+]1CCCCCCCCCCCCCCCC.F[P-](F)(F)(F)(F)F. The van der Waals surface area contributed by atoms with Gasteiger partial charge >= 0.3 is 33.0 Å². The Morgan fingerprint density at radius 3 is 1.02 bits per heavy atom. The minimum absolute atomic E-state index is 1.22. The molecule has 0 aromatic carbocycles. The maximum atomic E-state index is 9.87. The minimum atomic E-state index is -10.7. The molecule has 1 aromatic rings. The first-order valence-corrected chi connectivity index (χ1v) is 21.7. The van der Waals surface area contributed by atoms with Gasteiger partial charge in [0, 0.05) is 31.9 Å². The van der Waals surface area contributed by atoms with Crippen LogP contribution in [0.3, 0.4) is 0 Å². The van der Waals surface area contributed by atoms with Crippen LogP contribution in [0.1, 0.15) is 211 Å². The standard InChI is InChI=1S/C39H74N.F6P/c1-5-7-9-11-13-15-17-19-21-23-25-27-29-31-33-39-36-37(3)35-38(4)40(39)34-32-30-28-26-24-22-20-18-16-14-12-10-8-6-2;1-7(2,3,4,5)6/h35-36H,5-34H2,1-4H3;/q+1;-1. The summed E-state index contributed by atoms with van der Waals surface area (Å²) in [4.78, 5) is 0. The molecule has 0 fully saturated rings. The molecule has 1 aromatic heterocycles. The molecular weight excluding hydrogens is 627 g/mol. The summed E-state index contributed by atoms with van der Waals surface area (Å²) in [5.41, 5.74) is 4.50. The summed E-state index contributed by atoms with van der Waals surface area (Å²) in [6.07, 6.45) is 41.6. The van der Waals surface area contributed by atoms with E-state index in [1.54, 1.807) is 5.69 Å². The number of unbranched alkanes of at least 4 members (excludes halogenated alkanes) is 26. The Morgan fingerprint density at radius 2 is 0.702 bits per heavy atom. The zero-order valence-electron chi connectivity index (χ0n) is 31.0. The van der Waals surface area contributed by atoms with Crippen LogP contribution >= 0.6 is 7.81 Å². The summed E-state index contributed by atoms with van der Waals surface area (Å²) < 4.78 is 61.8. The van der Waals surface area contributed by atoms with E-state index < -0.39 is 7.81 Å². The molecule has 0 amide bonds. The molecule has 0 radical (unpaired) electrons. The van der Waals surface area contributed by atoms with Crippen molar-refractivity contribution < 1.29 is 29.7 Å². The van der Waals surface area contributed by atoms with Gasteiger partial charge in [0.1, 0.15) is 6.54 Å². The number of rotatable bonds is 30. The number of aromatic nitrogens is 1. The molecule has 0 unspecified atom stereocenters. The van der Waals surface area contributed by atoms with Gasteiger partial charge in [-0.1, -0.05) is 174 Å². The molecule has 1 rings (SSSR count). The predicted octanol–water partition coefficient (Wildman–Crippen LogP) is 16.5. The van der Waals surface area contributed by atoms with Gasteiger partial charge in [0.15, 0.2) is 11.4 Å². The Morgan fingerprint density at radius 1 is 0.426 bits per heavy atom. The molecular formula is C39H74F6NP. The molecule has 0 bridgehead atoms. The van der Waals surface area contributed by atoms with Crippen molar-refractivity contribution in [3.8, 4) is 0 Å². The second-order valence-electron chi connectivity index (χ2n) is 14.2. The monoisotopic (exact) mass is 702 g/mol. The van der Waals surface area contributed by atoms with Gasteiger partial charge in [-0.25, -0.2) is 4.57 Å². The summed E-state index contributed by atoms with van der Waals surface area (Å²) in [6.45, 7) is 10.4. The molecule has 0 saturated carbocycles. The number of hydrogen-bond acceptors (Lipinski definition) is 0. The summed E-state index contributed by atoms with van der Waals surface area (Å²) in [5, 5.41) is 0. The van der Waals surface area contributed by atoms with Crippen molar-refractivity contribution in [3.05, 3.63) is 29.1 Å². The van der Waals surface area contributed by atoms with Crippen LogP contribution in [0, 0.1) is 13.8 Å². The molecule has 0 spiro atoms. The van der Waals surface area contributed by atoms with E-state index in [-0.39, 0.29) is 0 Å². The summed E-state index contributed by atoms with van der Waals surface area (Å²) >= 11 is 0. The van der Waals surface area contributed by atoms with Crippen LogP contribution in [0.25, 0.3) is 0 Å². The van der Waals surface area contributed by atoms with Crippen molar-refractivity contribution in [1.82, 2.24) is 0 Å². The van der Waals surface area contributed by atoms with Gasteiger partial charge in [0.2, 0.25) is 0 Å². The number of aryl methyl sites for hydroxylation is 3. The Kier molecular flexibility index (Phi) is 25.6. The van der Waals surface area contributed by atoms with E-state index in [1.165, 1.54) is 204 Å². The first kappa shape index (κ1) is 46.2. The molecule has 8 heteroatoms. The summed E-state index contributed by atoms with van der Waals surface area (Å²) in [6, 6.07) is 4.86. The third kappa shape index (κ3) is 37.8. The van der Waals surface area contributed by atoms with Crippen LogP contribution < -0.4 is 4.57 Å². The molecule has 0 N–H and O–H groups in total. The van der Waals surface area contributed by atoms with E-state index in [9.17, 15) is 25.2 Å². The topological polar surface area (TPSA) is 3.88 Å². The third-order valence-corrected chi connectivity index (χ3v) is 9.13. The second kappa shape index (κ2) is 26.0. The fraction of sp³-hybridized carbons (Fsp3) is 0.872. The molecule has 0 atom stereocenters. The van der Waals surface area contributed by atoms with Gasteiger partial charge in [-0.15, -0.1) is 0 Å². The van der Waals surface area contributed by atoms with E-state index >= 15 is 0 Å². The maximum absolute atomic E-state index is 10.7. The van der Waals surface area contributed by atoms with Crippen molar-refractivity contribution in [1.29, 1.82) is 0 Å². The van der Waals surface area contributed by atoms with Crippen molar-refractivity contribution in [2.75, 3.05) is 0 Å². The van der Waals surface area contributed by atoms with Crippen molar-refractivity contribution in [2.24, 2.45) is 0 Å².